The molecule has 5 heteroatoms. The van der Waals surface area contributed by atoms with E-state index >= 15 is 0 Å². The van der Waals surface area contributed by atoms with Crippen molar-refractivity contribution >= 4 is 17.5 Å². The van der Waals surface area contributed by atoms with Crippen LogP contribution in [0.25, 0.3) is 0 Å². The Labute approximate surface area is 160 Å². The molecular formula is C22H26N2O3. The first-order valence-electron chi connectivity index (χ1n) is 9.39. The second kappa shape index (κ2) is 8.25. The van der Waals surface area contributed by atoms with Crippen LogP contribution in [0.1, 0.15) is 25.3 Å². The number of carbonyl (C=O) groups is 2. The van der Waals surface area contributed by atoms with Crippen molar-refractivity contribution in [3.05, 3.63) is 60.2 Å². The molecule has 1 fully saturated rings. The van der Waals surface area contributed by atoms with Crippen molar-refractivity contribution < 1.29 is 14.3 Å². The number of benzene rings is 2. The van der Waals surface area contributed by atoms with Gasteiger partial charge >= 0.3 is 0 Å². The predicted octanol–water partition coefficient (Wildman–Crippen LogP) is 3.19. The van der Waals surface area contributed by atoms with E-state index in [2.05, 4.69) is 5.32 Å². The van der Waals surface area contributed by atoms with E-state index in [4.69, 9.17) is 4.74 Å². The van der Waals surface area contributed by atoms with E-state index < -0.39 is 5.41 Å². The first-order valence-corrected chi connectivity index (χ1v) is 9.39. The van der Waals surface area contributed by atoms with E-state index in [0.717, 1.165) is 23.4 Å². The SMILES string of the molecule is CCN(C(=O)C1(C(=O)NCCc2ccc(OC)cc2)CC1)c1ccccc1. The summed E-state index contributed by atoms with van der Waals surface area (Å²) < 4.78 is 5.15. The highest BCUT2D eigenvalue weighted by molar-refractivity contribution is 6.14. The van der Waals surface area contributed by atoms with Gasteiger partial charge in [-0.15, -0.1) is 0 Å². The molecule has 0 bridgehead atoms. The van der Waals surface area contributed by atoms with Crippen LogP contribution in [0, 0.1) is 5.41 Å². The third-order valence-corrected chi connectivity index (χ3v) is 5.08. The molecule has 2 aromatic rings. The van der Waals surface area contributed by atoms with Gasteiger partial charge in [-0.3, -0.25) is 9.59 Å². The fourth-order valence-corrected chi connectivity index (χ4v) is 3.25. The Morgan fingerprint density at radius 1 is 1.07 bits per heavy atom. The molecule has 0 heterocycles. The number of amides is 2. The van der Waals surface area contributed by atoms with Gasteiger partial charge in [0.1, 0.15) is 11.2 Å². The topological polar surface area (TPSA) is 58.6 Å². The molecule has 0 atom stereocenters. The second-order valence-electron chi connectivity index (χ2n) is 6.82. The van der Waals surface area contributed by atoms with Crippen LogP contribution < -0.4 is 15.0 Å². The highest BCUT2D eigenvalue weighted by Crippen LogP contribution is 2.48. The molecule has 0 spiro atoms. The van der Waals surface area contributed by atoms with E-state index in [1.54, 1.807) is 12.0 Å². The lowest BCUT2D eigenvalue weighted by atomic mass is 10.0. The maximum Gasteiger partial charge on any atom is 0.242 e. The van der Waals surface area contributed by atoms with Crippen molar-refractivity contribution in [3.63, 3.8) is 0 Å². The minimum absolute atomic E-state index is 0.0989. The molecular weight excluding hydrogens is 340 g/mol. The molecule has 1 N–H and O–H groups in total. The predicted molar refractivity (Wildman–Crippen MR) is 106 cm³/mol. The minimum Gasteiger partial charge on any atom is -0.497 e. The van der Waals surface area contributed by atoms with Gasteiger partial charge in [0.05, 0.1) is 7.11 Å². The summed E-state index contributed by atoms with van der Waals surface area (Å²) in [5, 5.41) is 2.96. The standard InChI is InChI=1S/C22H26N2O3/c1-3-24(18-7-5-4-6-8-18)21(26)22(14-15-22)20(25)23-16-13-17-9-11-19(27-2)12-10-17/h4-12H,3,13-16H2,1-2H3,(H,23,25). The average molecular weight is 366 g/mol. The summed E-state index contributed by atoms with van der Waals surface area (Å²) in [6.45, 7) is 2.99. The van der Waals surface area contributed by atoms with Gasteiger partial charge in [-0.25, -0.2) is 0 Å². The normalized spacial score (nSPS) is 14.3. The molecule has 2 amide bonds. The first-order chi connectivity index (χ1) is 13.1. The summed E-state index contributed by atoms with van der Waals surface area (Å²) >= 11 is 0. The zero-order chi connectivity index (χ0) is 19.3. The smallest absolute Gasteiger partial charge is 0.242 e. The van der Waals surface area contributed by atoms with Crippen molar-refractivity contribution in [2.75, 3.05) is 25.1 Å². The Morgan fingerprint density at radius 3 is 2.30 bits per heavy atom. The zero-order valence-corrected chi connectivity index (χ0v) is 15.9. The van der Waals surface area contributed by atoms with Crippen molar-refractivity contribution in [1.29, 1.82) is 0 Å². The number of methoxy groups -OCH3 is 1. The van der Waals surface area contributed by atoms with Gasteiger partial charge in [0.25, 0.3) is 0 Å². The molecule has 2 aromatic carbocycles. The molecule has 27 heavy (non-hydrogen) atoms. The van der Waals surface area contributed by atoms with Gasteiger partial charge in [0.2, 0.25) is 11.8 Å². The van der Waals surface area contributed by atoms with Crippen molar-refractivity contribution in [3.8, 4) is 5.75 Å². The van der Waals surface area contributed by atoms with Crippen LogP contribution in [0.2, 0.25) is 0 Å². The van der Waals surface area contributed by atoms with Gasteiger partial charge in [-0.1, -0.05) is 30.3 Å². The van der Waals surface area contributed by atoms with Gasteiger partial charge in [-0.2, -0.15) is 0 Å². The number of hydrogen-bond donors (Lipinski definition) is 1. The number of carbonyl (C=O) groups excluding carboxylic acids is 2. The Kier molecular flexibility index (Phi) is 5.79. The molecule has 3 rings (SSSR count). The number of anilines is 1. The minimum atomic E-state index is -0.897. The Bertz CT molecular complexity index is 783. The Hall–Kier alpha value is -2.82. The van der Waals surface area contributed by atoms with Crippen LogP contribution in [-0.4, -0.2) is 32.0 Å². The van der Waals surface area contributed by atoms with E-state index in [1.165, 1.54) is 0 Å². The number of hydrogen-bond acceptors (Lipinski definition) is 3. The van der Waals surface area contributed by atoms with Crippen LogP contribution in [-0.2, 0) is 16.0 Å². The molecule has 0 radical (unpaired) electrons. The van der Waals surface area contributed by atoms with Gasteiger partial charge in [0.15, 0.2) is 0 Å². The van der Waals surface area contributed by atoms with Crippen molar-refractivity contribution in [2.24, 2.45) is 5.41 Å². The van der Waals surface area contributed by atoms with Crippen LogP contribution in [0.3, 0.4) is 0 Å². The molecule has 0 saturated heterocycles. The third-order valence-electron chi connectivity index (χ3n) is 5.08. The van der Waals surface area contributed by atoms with Crippen molar-refractivity contribution in [1.82, 2.24) is 5.32 Å². The van der Waals surface area contributed by atoms with E-state index in [1.807, 2.05) is 61.5 Å². The molecule has 0 unspecified atom stereocenters. The number of para-hydroxylation sites is 1. The first kappa shape index (κ1) is 19.0. The lowest BCUT2D eigenvalue weighted by Gasteiger charge is -2.26. The number of rotatable bonds is 8. The third kappa shape index (κ3) is 4.13. The molecule has 1 aliphatic carbocycles. The molecule has 0 aliphatic heterocycles. The Morgan fingerprint density at radius 2 is 1.74 bits per heavy atom. The fourth-order valence-electron chi connectivity index (χ4n) is 3.25. The Balaban J connectivity index is 1.59. The molecule has 1 saturated carbocycles. The maximum atomic E-state index is 13.1. The van der Waals surface area contributed by atoms with Crippen LogP contribution in [0.15, 0.2) is 54.6 Å². The van der Waals surface area contributed by atoms with E-state index in [-0.39, 0.29) is 11.8 Å². The number of ether oxygens (including phenoxy) is 1. The highest BCUT2D eigenvalue weighted by atomic mass is 16.5. The second-order valence-corrected chi connectivity index (χ2v) is 6.82. The average Bonchev–Trinajstić information content (AvgIpc) is 3.52. The summed E-state index contributed by atoms with van der Waals surface area (Å²) in [5.74, 6) is 0.555. The van der Waals surface area contributed by atoms with E-state index in [9.17, 15) is 9.59 Å². The van der Waals surface area contributed by atoms with Crippen molar-refractivity contribution in [2.45, 2.75) is 26.2 Å². The summed E-state index contributed by atoms with van der Waals surface area (Å²) in [6.07, 6.45) is 1.95. The monoisotopic (exact) mass is 366 g/mol. The number of nitrogens with one attached hydrogen (secondary N) is 1. The molecule has 142 valence electrons. The lowest BCUT2D eigenvalue weighted by Crippen LogP contribution is -2.45. The quantitative estimate of drug-likeness (QED) is 0.730. The number of nitrogens with zero attached hydrogens (tertiary/aromatic N) is 1. The van der Waals surface area contributed by atoms with Gasteiger partial charge in [0, 0.05) is 18.8 Å². The summed E-state index contributed by atoms with van der Waals surface area (Å²) in [6, 6.07) is 17.3. The van der Waals surface area contributed by atoms with Gasteiger partial charge < -0.3 is 15.0 Å². The zero-order valence-electron chi connectivity index (χ0n) is 15.9. The fraction of sp³-hybridized carbons (Fsp3) is 0.364. The van der Waals surface area contributed by atoms with Crippen LogP contribution >= 0.6 is 0 Å². The summed E-state index contributed by atoms with van der Waals surface area (Å²) in [4.78, 5) is 27.5. The highest BCUT2D eigenvalue weighted by Gasteiger charge is 2.57. The van der Waals surface area contributed by atoms with Crippen LogP contribution in [0.4, 0.5) is 5.69 Å². The summed E-state index contributed by atoms with van der Waals surface area (Å²) in [5.41, 5.74) is 1.06. The largest absolute Gasteiger partial charge is 0.497 e. The van der Waals surface area contributed by atoms with Crippen LogP contribution in [0.5, 0.6) is 5.75 Å². The molecule has 0 aromatic heterocycles. The van der Waals surface area contributed by atoms with Gasteiger partial charge in [-0.05, 0) is 56.0 Å². The maximum absolute atomic E-state index is 13.1. The van der Waals surface area contributed by atoms with E-state index in [0.29, 0.717) is 25.9 Å². The lowest BCUT2D eigenvalue weighted by molar-refractivity contribution is -0.135. The molecule has 5 nitrogen and oxygen atoms in total. The molecule has 1 aliphatic rings. The summed E-state index contributed by atoms with van der Waals surface area (Å²) in [7, 11) is 1.64.